The van der Waals surface area contributed by atoms with Crippen LogP contribution in [0.2, 0.25) is 0 Å². The summed E-state index contributed by atoms with van der Waals surface area (Å²) >= 11 is 0. The van der Waals surface area contributed by atoms with E-state index in [9.17, 15) is 0 Å². The van der Waals surface area contributed by atoms with Crippen molar-refractivity contribution in [3.63, 3.8) is 0 Å². The molecule has 0 unspecified atom stereocenters. The Morgan fingerprint density at radius 2 is 1.56 bits per heavy atom. The minimum Gasteiger partial charge on any atom is -0.327 e. The van der Waals surface area contributed by atoms with E-state index in [-0.39, 0.29) is 5.54 Å². The molecule has 0 spiro atoms. The number of benzene rings is 2. The van der Waals surface area contributed by atoms with Gasteiger partial charge in [0.05, 0.1) is 23.5 Å². The van der Waals surface area contributed by atoms with Crippen molar-refractivity contribution in [2.45, 2.75) is 25.9 Å². The average molecular weight is 333 g/mol. The molecule has 1 aromatic heterocycles. The van der Waals surface area contributed by atoms with Crippen molar-refractivity contribution in [3.8, 4) is 5.69 Å². The molecule has 2 aromatic carbocycles. The number of aromatic nitrogens is 3. The van der Waals surface area contributed by atoms with E-state index in [4.69, 9.17) is 10.1 Å². The van der Waals surface area contributed by atoms with Gasteiger partial charge in [-0.1, -0.05) is 30.3 Å². The van der Waals surface area contributed by atoms with Gasteiger partial charge in [-0.3, -0.25) is 0 Å². The molecule has 3 aromatic rings. The zero-order chi connectivity index (χ0) is 17.6. The SMILES string of the molecule is CN(C)Cc1nc2n(n1)-c1ccccc1N(c1ccccc1)C2(C)C. The Morgan fingerprint density at radius 1 is 0.920 bits per heavy atom. The third-order valence-corrected chi connectivity index (χ3v) is 4.58. The molecular weight excluding hydrogens is 310 g/mol. The Hall–Kier alpha value is -2.66. The molecule has 1 aliphatic heterocycles. The Morgan fingerprint density at radius 3 is 2.24 bits per heavy atom. The van der Waals surface area contributed by atoms with Crippen LogP contribution in [0.4, 0.5) is 11.4 Å². The van der Waals surface area contributed by atoms with Gasteiger partial charge in [0, 0.05) is 5.69 Å². The van der Waals surface area contributed by atoms with Gasteiger partial charge < -0.3 is 9.80 Å². The standard InChI is InChI=1S/C20H23N5/c1-20(2)19-21-18(14-23(3)4)22-25(19)17-13-9-8-12-16(17)24(20)15-10-6-5-7-11-15/h5-13H,14H2,1-4H3. The second-order valence-electron chi connectivity index (χ2n) is 7.22. The molecule has 5 nitrogen and oxygen atoms in total. The van der Waals surface area contributed by atoms with Crippen molar-refractivity contribution < 1.29 is 0 Å². The summed E-state index contributed by atoms with van der Waals surface area (Å²) in [5.74, 6) is 1.81. The molecule has 0 fully saturated rings. The maximum Gasteiger partial charge on any atom is 0.165 e. The number of para-hydroxylation sites is 3. The third-order valence-electron chi connectivity index (χ3n) is 4.58. The summed E-state index contributed by atoms with van der Waals surface area (Å²) in [6.07, 6.45) is 0. The molecule has 1 aliphatic rings. The van der Waals surface area contributed by atoms with Crippen molar-refractivity contribution in [2.24, 2.45) is 0 Å². The maximum atomic E-state index is 4.89. The normalized spacial score (nSPS) is 15.2. The van der Waals surface area contributed by atoms with Crippen LogP contribution >= 0.6 is 0 Å². The van der Waals surface area contributed by atoms with Gasteiger partial charge >= 0.3 is 0 Å². The molecule has 0 atom stereocenters. The topological polar surface area (TPSA) is 37.2 Å². The van der Waals surface area contributed by atoms with Crippen LogP contribution in [0, 0.1) is 0 Å². The predicted octanol–water partition coefficient (Wildman–Crippen LogP) is 3.72. The van der Waals surface area contributed by atoms with Gasteiger partial charge in [-0.25, -0.2) is 9.67 Å². The van der Waals surface area contributed by atoms with Gasteiger partial charge in [0.2, 0.25) is 0 Å². The van der Waals surface area contributed by atoms with Gasteiger partial charge in [0.1, 0.15) is 0 Å². The van der Waals surface area contributed by atoms with E-state index in [2.05, 4.69) is 72.2 Å². The first kappa shape index (κ1) is 15.8. The molecule has 5 heteroatoms. The van der Waals surface area contributed by atoms with Crippen LogP contribution in [-0.2, 0) is 12.1 Å². The monoisotopic (exact) mass is 333 g/mol. The number of hydrogen-bond donors (Lipinski definition) is 0. The lowest BCUT2D eigenvalue weighted by Crippen LogP contribution is -2.44. The fourth-order valence-corrected chi connectivity index (χ4v) is 3.54. The largest absolute Gasteiger partial charge is 0.327 e. The zero-order valence-electron chi connectivity index (χ0n) is 15.1. The number of fused-ring (bicyclic) bond motifs is 3. The first-order valence-corrected chi connectivity index (χ1v) is 8.54. The molecule has 0 aliphatic carbocycles. The maximum absolute atomic E-state index is 4.89. The van der Waals surface area contributed by atoms with Crippen LogP contribution in [0.1, 0.15) is 25.5 Å². The van der Waals surface area contributed by atoms with E-state index < -0.39 is 0 Å². The highest BCUT2D eigenvalue weighted by molar-refractivity contribution is 5.75. The highest BCUT2D eigenvalue weighted by Crippen LogP contribution is 2.45. The summed E-state index contributed by atoms with van der Waals surface area (Å²) in [6, 6.07) is 18.9. The second-order valence-corrected chi connectivity index (χ2v) is 7.22. The van der Waals surface area contributed by atoms with E-state index in [1.54, 1.807) is 0 Å². The number of rotatable bonds is 3. The quantitative estimate of drug-likeness (QED) is 0.732. The van der Waals surface area contributed by atoms with Crippen molar-refractivity contribution in [3.05, 3.63) is 66.2 Å². The molecule has 0 amide bonds. The Kier molecular flexibility index (Phi) is 3.62. The molecule has 4 rings (SSSR count). The second kappa shape index (κ2) is 5.70. The van der Waals surface area contributed by atoms with Crippen LogP contribution in [0.5, 0.6) is 0 Å². The smallest absolute Gasteiger partial charge is 0.165 e. The summed E-state index contributed by atoms with van der Waals surface area (Å²) < 4.78 is 2.01. The zero-order valence-corrected chi connectivity index (χ0v) is 15.1. The molecule has 128 valence electrons. The molecule has 0 bridgehead atoms. The van der Waals surface area contributed by atoms with E-state index in [1.165, 1.54) is 0 Å². The number of nitrogens with zero attached hydrogens (tertiary/aromatic N) is 5. The molecule has 2 heterocycles. The molecule has 25 heavy (non-hydrogen) atoms. The lowest BCUT2D eigenvalue weighted by Gasteiger charge is -2.43. The van der Waals surface area contributed by atoms with Gasteiger partial charge in [-0.15, -0.1) is 5.10 Å². The van der Waals surface area contributed by atoms with E-state index >= 15 is 0 Å². The Bertz CT molecular complexity index is 895. The minimum atomic E-state index is -0.312. The van der Waals surface area contributed by atoms with Gasteiger partial charge in [0.15, 0.2) is 11.6 Å². The van der Waals surface area contributed by atoms with Crippen LogP contribution < -0.4 is 4.90 Å². The lowest BCUT2D eigenvalue weighted by molar-refractivity contribution is 0.390. The summed E-state index contributed by atoms with van der Waals surface area (Å²) in [4.78, 5) is 9.33. The molecule has 0 radical (unpaired) electrons. The Balaban J connectivity index is 1.94. The van der Waals surface area contributed by atoms with E-state index in [0.717, 1.165) is 35.3 Å². The van der Waals surface area contributed by atoms with Gasteiger partial charge in [-0.05, 0) is 52.2 Å². The molecule has 0 saturated carbocycles. The first-order chi connectivity index (χ1) is 12.0. The van der Waals surface area contributed by atoms with Crippen molar-refractivity contribution in [1.29, 1.82) is 0 Å². The van der Waals surface area contributed by atoms with E-state index in [1.807, 2.05) is 24.8 Å². The third kappa shape index (κ3) is 2.51. The summed E-state index contributed by atoms with van der Waals surface area (Å²) in [5, 5.41) is 4.79. The lowest BCUT2D eigenvalue weighted by atomic mass is 9.95. The van der Waals surface area contributed by atoms with Crippen LogP contribution in [0.3, 0.4) is 0 Å². The summed E-state index contributed by atoms with van der Waals surface area (Å²) in [5.41, 5.74) is 3.06. The number of anilines is 2. The average Bonchev–Trinajstić information content (AvgIpc) is 3.00. The van der Waals surface area contributed by atoms with Gasteiger partial charge in [-0.2, -0.15) is 0 Å². The molecular formula is C20H23N5. The number of hydrogen-bond acceptors (Lipinski definition) is 4. The van der Waals surface area contributed by atoms with Crippen LogP contribution in [-0.4, -0.2) is 33.8 Å². The van der Waals surface area contributed by atoms with Gasteiger partial charge in [0.25, 0.3) is 0 Å². The highest BCUT2D eigenvalue weighted by Gasteiger charge is 2.41. The summed E-state index contributed by atoms with van der Waals surface area (Å²) in [6.45, 7) is 5.13. The molecule has 0 saturated heterocycles. The first-order valence-electron chi connectivity index (χ1n) is 8.54. The molecule has 0 N–H and O–H groups in total. The van der Waals surface area contributed by atoms with Crippen molar-refractivity contribution >= 4 is 11.4 Å². The van der Waals surface area contributed by atoms with E-state index in [0.29, 0.717) is 0 Å². The fraction of sp³-hybridized carbons (Fsp3) is 0.300. The van der Waals surface area contributed by atoms with Crippen LogP contribution in [0.15, 0.2) is 54.6 Å². The Labute approximate surface area is 148 Å². The minimum absolute atomic E-state index is 0.312. The fourth-order valence-electron chi connectivity index (χ4n) is 3.54. The van der Waals surface area contributed by atoms with Crippen LogP contribution in [0.25, 0.3) is 5.69 Å². The predicted molar refractivity (Wildman–Crippen MR) is 100 cm³/mol. The van der Waals surface area contributed by atoms with Crippen molar-refractivity contribution in [2.75, 3.05) is 19.0 Å². The highest BCUT2D eigenvalue weighted by atomic mass is 15.4. The summed E-state index contributed by atoms with van der Waals surface area (Å²) in [7, 11) is 4.07. The van der Waals surface area contributed by atoms with Crippen molar-refractivity contribution in [1.82, 2.24) is 19.7 Å².